The van der Waals surface area contributed by atoms with Gasteiger partial charge < -0.3 is 16.8 Å². The molecule has 4 nitrogen and oxygen atoms in total. The van der Waals surface area contributed by atoms with Gasteiger partial charge in [-0.05, 0) is 12.1 Å². The first-order valence-electron chi connectivity index (χ1n) is 3.49. The molecule has 1 aromatic rings. The number of hydrogen-bond donors (Lipinski definition) is 3. The summed E-state index contributed by atoms with van der Waals surface area (Å²) in [6.07, 6.45) is 1.69. The van der Waals surface area contributed by atoms with Crippen LogP contribution in [0.3, 0.4) is 0 Å². The molecule has 60 valence electrons. The summed E-state index contributed by atoms with van der Waals surface area (Å²) in [6, 6.07) is 3.59. The normalized spacial score (nSPS) is 9.55. The number of nitrogens with one attached hydrogen (secondary N) is 1. The monoisotopic (exact) mass is 152 g/mol. The first kappa shape index (κ1) is 7.81. The maximum Gasteiger partial charge on any atom is 0.149 e. The van der Waals surface area contributed by atoms with Crippen LogP contribution in [0.4, 0.5) is 11.5 Å². The van der Waals surface area contributed by atoms with Crippen LogP contribution in [0.25, 0.3) is 0 Å². The second kappa shape index (κ2) is 3.78. The third-order valence-corrected chi connectivity index (χ3v) is 1.28. The zero-order valence-corrected chi connectivity index (χ0v) is 6.25. The van der Waals surface area contributed by atoms with Gasteiger partial charge in [0.25, 0.3) is 0 Å². The minimum absolute atomic E-state index is 0.579. The molecule has 0 aliphatic heterocycles. The van der Waals surface area contributed by atoms with Crippen LogP contribution in [0.5, 0.6) is 0 Å². The Balaban J connectivity index is 2.62. The van der Waals surface area contributed by atoms with Crippen LogP contribution >= 0.6 is 0 Å². The Morgan fingerprint density at radius 3 is 3.00 bits per heavy atom. The molecule has 0 spiro atoms. The smallest absolute Gasteiger partial charge is 0.149 e. The van der Waals surface area contributed by atoms with Gasteiger partial charge in [0.1, 0.15) is 5.82 Å². The third kappa shape index (κ3) is 2.09. The van der Waals surface area contributed by atoms with Gasteiger partial charge in [-0.15, -0.1) is 0 Å². The fourth-order valence-electron chi connectivity index (χ4n) is 0.756. The molecule has 0 fully saturated rings. The van der Waals surface area contributed by atoms with Crippen molar-refractivity contribution in [2.24, 2.45) is 5.73 Å². The lowest BCUT2D eigenvalue weighted by Gasteiger charge is -2.04. The molecule has 0 aromatic carbocycles. The van der Waals surface area contributed by atoms with Gasteiger partial charge in [0.05, 0.1) is 5.69 Å². The molecule has 1 rings (SSSR count). The fourth-order valence-corrected chi connectivity index (χ4v) is 0.756. The number of anilines is 2. The van der Waals surface area contributed by atoms with Crippen molar-refractivity contribution in [3.8, 4) is 0 Å². The highest BCUT2D eigenvalue weighted by Gasteiger charge is 1.94. The Bertz CT molecular complexity index is 223. The van der Waals surface area contributed by atoms with Crippen molar-refractivity contribution in [3.05, 3.63) is 18.3 Å². The number of rotatable bonds is 3. The summed E-state index contributed by atoms with van der Waals surface area (Å²) in [5.74, 6) is 0.706. The van der Waals surface area contributed by atoms with Crippen molar-refractivity contribution in [2.45, 2.75) is 0 Å². The van der Waals surface area contributed by atoms with Crippen molar-refractivity contribution in [2.75, 3.05) is 24.1 Å². The van der Waals surface area contributed by atoms with E-state index in [0.29, 0.717) is 24.6 Å². The molecular weight excluding hydrogens is 140 g/mol. The fraction of sp³-hybridized carbons (Fsp3) is 0.286. The molecule has 1 aromatic heterocycles. The number of nitrogen functional groups attached to an aromatic ring is 1. The largest absolute Gasteiger partial charge is 0.396 e. The first-order chi connectivity index (χ1) is 5.34. The van der Waals surface area contributed by atoms with Crippen LogP contribution in [0.15, 0.2) is 18.3 Å². The molecule has 0 aliphatic rings. The van der Waals surface area contributed by atoms with E-state index in [1.54, 1.807) is 18.3 Å². The molecule has 4 heteroatoms. The molecule has 0 saturated carbocycles. The molecule has 0 atom stereocenters. The molecule has 11 heavy (non-hydrogen) atoms. The molecular formula is C7H12N4. The summed E-state index contributed by atoms with van der Waals surface area (Å²) < 4.78 is 0. The topological polar surface area (TPSA) is 77.0 Å². The highest BCUT2D eigenvalue weighted by Crippen LogP contribution is 2.11. The van der Waals surface area contributed by atoms with Gasteiger partial charge in [-0.25, -0.2) is 4.98 Å². The quantitative estimate of drug-likeness (QED) is 0.571. The summed E-state index contributed by atoms with van der Waals surface area (Å²) in [7, 11) is 0. The number of pyridine rings is 1. The lowest BCUT2D eigenvalue weighted by molar-refractivity contribution is 1.01. The van der Waals surface area contributed by atoms with Gasteiger partial charge in [0, 0.05) is 19.3 Å². The predicted octanol–water partition coefficient (Wildman–Crippen LogP) is 0.0344. The number of hydrogen-bond acceptors (Lipinski definition) is 4. The summed E-state index contributed by atoms with van der Waals surface area (Å²) in [6.45, 7) is 1.28. The highest BCUT2D eigenvalue weighted by atomic mass is 15.0. The maximum absolute atomic E-state index is 5.60. The average Bonchev–Trinajstić information content (AvgIpc) is 2.03. The van der Waals surface area contributed by atoms with Crippen molar-refractivity contribution in [3.63, 3.8) is 0 Å². The van der Waals surface area contributed by atoms with Crippen molar-refractivity contribution >= 4 is 11.5 Å². The Hall–Kier alpha value is -1.29. The predicted molar refractivity (Wildman–Crippen MR) is 46.2 cm³/mol. The van der Waals surface area contributed by atoms with Gasteiger partial charge in [-0.3, -0.25) is 0 Å². The van der Waals surface area contributed by atoms with Crippen molar-refractivity contribution < 1.29 is 0 Å². The van der Waals surface area contributed by atoms with Crippen molar-refractivity contribution in [1.29, 1.82) is 0 Å². The average molecular weight is 152 g/mol. The molecule has 0 radical (unpaired) electrons. The maximum atomic E-state index is 5.60. The second-order valence-corrected chi connectivity index (χ2v) is 2.16. The third-order valence-electron chi connectivity index (χ3n) is 1.28. The minimum atomic E-state index is 0.579. The van der Waals surface area contributed by atoms with E-state index in [9.17, 15) is 0 Å². The van der Waals surface area contributed by atoms with Crippen LogP contribution < -0.4 is 16.8 Å². The van der Waals surface area contributed by atoms with Gasteiger partial charge in [0.2, 0.25) is 0 Å². The summed E-state index contributed by atoms with van der Waals surface area (Å²) >= 11 is 0. The lowest BCUT2D eigenvalue weighted by Crippen LogP contribution is -2.14. The van der Waals surface area contributed by atoms with Gasteiger partial charge in [-0.2, -0.15) is 0 Å². The molecule has 5 N–H and O–H groups in total. The Morgan fingerprint density at radius 2 is 2.36 bits per heavy atom. The molecule has 0 amide bonds. The Kier molecular flexibility index (Phi) is 2.68. The van der Waals surface area contributed by atoms with E-state index in [1.165, 1.54) is 0 Å². The minimum Gasteiger partial charge on any atom is -0.396 e. The Morgan fingerprint density at radius 1 is 1.55 bits per heavy atom. The zero-order chi connectivity index (χ0) is 8.10. The van der Waals surface area contributed by atoms with Crippen molar-refractivity contribution in [1.82, 2.24) is 4.98 Å². The van der Waals surface area contributed by atoms with E-state index in [-0.39, 0.29) is 0 Å². The van der Waals surface area contributed by atoms with E-state index in [0.717, 1.165) is 0 Å². The lowest BCUT2D eigenvalue weighted by atomic mass is 10.4. The summed E-state index contributed by atoms with van der Waals surface area (Å²) in [5.41, 5.74) is 11.5. The standard InChI is InChI=1S/C7H12N4/c8-3-5-11-7-6(9)2-1-4-10-7/h1-2,4H,3,5,8-9H2,(H,10,11). The van der Waals surface area contributed by atoms with Gasteiger partial charge in [-0.1, -0.05) is 0 Å². The first-order valence-corrected chi connectivity index (χ1v) is 3.49. The van der Waals surface area contributed by atoms with E-state index in [1.807, 2.05) is 0 Å². The zero-order valence-electron chi connectivity index (χ0n) is 6.25. The second-order valence-electron chi connectivity index (χ2n) is 2.16. The molecule has 0 aliphatic carbocycles. The number of aromatic nitrogens is 1. The van der Waals surface area contributed by atoms with Crippen LogP contribution in [-0.2, 0) is 0 Å². The summed E-state index contributed by atoms with van der Waals surface area (Å²) in [5, 5.41) is 3.00. The number of nitrogens with two attached hydrogens (primary N) is 2. The SMILES string of the molecule is NCCNc1ncccc1N. The van der Waals surface area contributed by atoms with Gasteiger partial charge in [0.15, 0.2) is 0 Å². The highest BCUT2D eigenvalue weighted by molar-refractivity contribution is 5.60. The summed E-state index contributed by atoms with van der Waals surface area (Å²) in [4.78, 5) is 4.02. The van der Waals surface area contributed by atoms with E-state index >= 15 is 0 Å². The number of nitrogens with zero attached hydrogens (tertiary/aromatic N) is 1. The molecule has 1 heterocycles. The van der Waals surface area contributed by atoms with Gasteiger partial charge >= 0.3 is 0 Å². The molecule has 0 saturated heterocycles. The molecule has 0 unspecified atom stereocenters. The van der Waals surface area contributed by atoms with Crippen LogP contribution in [0, 0.1) is 0 Å². The van der Waals surface area contributed by atoms with E-state index in [4.69, 9.17) is 11.5 Å². The van der Waals surface area contributed by atoms with E-state index in [2.05, 4.69) is 10.3 Å². The molecule has 0 bridgehead atoms. The van der Waals surface area contributed by atoms with Crippen LogP contribution in [0.2, 0.25) is 0 Å². The Labute approximate surface area is 65.6 Å². The van der Waals surface area contributed by atoms with Crippen LogP contribution in [0.1, 0.15) is 0 Å². The van der Waals surface area contributed by atoms with E-state index < -0.39 is 0 Å². The van der Waals surface area contributed by atoms with Crippen LogP contribution in [-0.4, -0.2) is 18.1 Å².